The largest absolute Gasteiger partial charge is 0.462 e. The molecule has 1 aromatic carbocycles. The lowest BCUT2D eigenvalue weighted by Crippen LogP contribution is -2.03. The molecule has 0 aliphatic rings. The summed E-state index contributed by atoms with van der Waals surface area (Å²) in [7, 11) is 0. The van der Waals surface area contributed by atoms with E-state index in [1.807, 2.05) is 31.2 Å². The van der Waals surface area contributed by atoms with Crippen LogP contribution >= 0.6 is 11.3 Å². The Morgan fingerprint density at radius 1 is 1.43 bits per heavy atom. The van der Waals surface area contributed by atoms with Gasteiger partial charge in [0.1, 0.15) is 4.88 Å². The summed E-state index contributed by atoms with van der Waals surface area (Å²) in [5.41, 5.74) is 5.67. The van der Waals surface area contributed by atoms with Crippen LogP contribution in [0, 0.1) is 13.8 Å². The number of nitrogens with zero attached hydrogens (tertiary/aromatic N) is 2. The zero-order valence-corrected chi connectivity index (χ0v) is 13.0. The van der Waals surface area contributed by atoms with Gasteiger partial charge in [-0.15, -0.1) is 0 Å². The van der Waals surface area contributed by atoms with Crippen molar-refractivity contribution < 1.29 is 9.53 Å². The fraction of sp³-hybridized carbons (Fsp3) is 0.267. The molecule has 2 rings (SSSR count). The van der Waals surface area contributed by atoms with Gasteiger partial charge in [0.15, 0.2) is 0 Å². The summed E-state index contributed by atoms with van der Waals surface area (Å²) >= 11 is 1.24. The maximum absolute atomic E-state index is 11.7. The van der Waals surface area contributed by atoms with Gasteiger partial charge < -0.3 is 4.74 Å². The van der Waals surface area contributed by atoms with Gasteiger partial charge in [0.2, 0.25) is 5.13 Å². The van der Waals surface area contributed by atoms with Gasteiger partial charge >= 0.3 is 5.97 Å². The van der Waals surface area contributed by atoms with E-state index < -0.39 is 0 Å². The summed E-state index contributed by atoms with van der Waals surface area (Å²) in [6.07, 6.45) is 1.73. The normalized spacial score (nSPS) is 10.8. The SMILES string of the molecule is CCOC(=O)c1sc(N/N=C/c2ccccc2C)nc1C. The monoisotopic (exact) mass is 303 g/mol. The average Bonchev–Trinajstić information content (AvgIpc) is 2.82. The second-order valence-corrected chi connectivity index (χ2v) is 5.38. The van der Waals surface area contributed by atoms with Gasteiger partial charge in [0, 0.05) is 0 Å². The zero-order valence-electron chi connectivity index (χ0n) is 12.2. The van der Waals surface area contributed by atoms with Crippen LogP contribution in [0.4, 0.5) is 5.13 Å². The van der Waals surface area contributed by atoms with Crippen LogP contribution in [0.5, 0.6) is 0 Å². The standard InChI is InChI=1S/C15H17N3O2S/c1-4-20-14(19)13-11(3)17-15(21-13)18-16-9-12-8-6-5-7-10(12)2/h5-9H,4H2,1-3H3,(H,17,18)/b16-9+. The number of carbonyl (C=O) groups is 1. The number of carbonyl (C=O) groups excluding carboxylic acids is 1. The number of aryl methyl sites for hydroxylation is 2. The molecule has 1 aromatic heterocycles. The molecule has 0 fully saturated rings. The number of aromatic nitrogens is 1. The molecular formula is C15H17N3O2S. The number of ether oxygens (including phenoxy) is 1. The second kappa shape index (κ2) is 6.99. The minimum absolute atomic E-state index is 0.344. The Balaban J connectivity index is 2.06. The van der Waals surface area contributed by atoms with Crippen molar-refractivity contribution in [3.63, 3.8) is 0 Å². The topological polar surface area (TPSA) is 63.6 Å². The van der Waals surface area contributed by atoms with E-state index in [9.17, 15) is 4.79 Å². The fourth-order valence-corrected chi connectivity index (χ4v) is 2.53. The molecule has 0 atom stereocenters. The van der Waals surface area contributed by atoms with Gasteiger partial charge in [-0.3, -0.25) is 5.43 Å². The van der Waals surface area contributed by atoms with Gasteiger partial charge in [-0.1, -0.05) is 35.6 Å². The van der Waals surface area contributed by atoms with E-state index in [0.29, 0.717) is 22.3 Å². The third-order valence-corrected chi connectivity index (χ3v) is 3.85. The minimum atomic E-state index is -0.344. The van der Waals surface area contributed by atoms with Gasteiger partial charge in [0.25, 0.3) is 0 Å². The maximum Gasteiger partial charge on any atom is 0.350 e. The number of rotatable bonds is 5. The highest BCUT2D eigenvalue weighted by Crippen LogP contribution is 2.23. The fourth-order valence-electron chi connectivity index (χ4n) is 1.72. The molecule has 0 saturated heterocycles. The number of thiazole rings is 1. The quantitative estimate of drug-likeness (QED) is 0.522. The van der Waals surface area contributed by atoms with Crippen molar-refractivity contribution in [2.75, 3.05) is 12.0 Å². The molecule has 1 heterocycles. The van der Waals surface area contributed by atoms with E-state index in [0.717, 1.165) is 11.1 Å². The van der Waals surface area contributed by atoms with E-state index in [-0.39, 0.29) is 5.97 Å². The van der Waals surface area contributed by atoms with Crippen molar-refractivity contribution in [1.82, 2.24) is 4.98 Å². The van der Waals surface area contributed by atoms with Crippen LogP contribution in [0.2, 0.25) is 0 Å². The van der Waals surface area contributed by atoms with Crippen molar-refractivity contribution in [1.29, 1.82) is 0 Å². The highest BCUT2D eigenvalue weighted by Gasteiger charge is 2.15. The van der Waals surface area contributed by atoms with Crippen LogP contribution in [-0.4, -0.2) is 23.8 Å². The average molecular weight is 303 g/mol. The molecule has 0 radical (unpaired) electrons. The Morgan fingerprint density at radius 2 is 2.19 bits per heavy atom. The molecule has 5 nitrogen and oxygen atoms in total. The number of anilines is 1. The Morgan fingerprint density at radius 3 is 2.90 bits per heavy atom. The molecule has 6 heteroatoms. The molecule has 0 amide bonds. The summed E-state index contributed by atoms with van der Waals surface area (Å²) in [5.74, 6) is -0.344. The first-order valence-corrected chi connectivity index (χ1v) is 7.42. The van der Waals surface area contributed by atoms with E-state index in [1.54, 1.807) is 20.1 Å². The molecule has 1 N–H and O–H groups in total. The highest BCUT2D eigenvalue weighted by molar-refractivity contribution is 7.17. The van der Waals surface area contributed by atoms with Crippen molar-refractivity contribution in [2.45, 2.75) is 20.8 Å². The second-order valence-electron chi connectivity index (χ2n) is 4.38. The summed E-state index contributed by atoms with van der Waals surface area (Å²) in [4.78, 5) is 16.5. The number of hydrazone groups is 1. The van der Waals surface area contributed by atoms with Crippen LogP contribution in [0.3, 0.4) is 0 Å². The first kappa shape index (κ1) is 15.2. The van der Waals surface area contributed by atoms with Crippen LogP contribution in [0.25, 0.3) is 0 Å². The first-order valence-electron chi connectivity index (χ1n) is 6.61. The van der Waals surface area contributed by atoms with E-state index in [1.165, 1.54) is 11.3 Å². The number of esters is 1. The molecule has 0 spiro atoms. The molecule has 0 unspecified atom stereocenters. The predicted octanol–water partition coefficient (Wildman–Crippen LogP) is 3.38. The van der Waals surface area contributed by atoms with Crippen molar-refractivity contribution >= 4 is 28.7 Å². The lowest BCUT2D eigenvalue weighted by atomic mass is 10.1. The highest BCUT2D eigenvalue weighted by atomic mass is 32.1. The van der Waals surface area contributed by atoms with Gasteiger partial charge in [0.05, 0.1) is 18.5 Å². The van der Waals surface area contributed by atoms with Crippen LogP contribution in [0.1, 0.15) is 33.4 Å². The Kier molecular flexibility index (Phi) is 5.05. The third-order valence-electron chi connectivity index (χ3n) is 2.81. The third kappa shape index (κ3) is 3.88. The molecule has 0 saturated carbocycles. The molecule has 0 bridgehead atoms. The zero-order chi connectivity index (χ0) is 15.2. The molecule has 2 aromatic rings. The number of hydrogen-bond donors (Lipinski definition) is 1. The van der Waals surface area contributed by atoms with Crippen LogP contribution in [0.15, 0.2) is 29.4 Å². The van der Waals surface area contributed by atoms with Crippen molar-refractivity contribution in [3.05, 3.63) is 46.0 Å². The van der Waals surface area contributed by atoms with Crippen molar-refractivity contribution in [3.8, 4) is 0 Å². The number of hydrogen-bond acceptors (Lipinski definition) is 6. The van der Waals surface area contributed by atoms with Crippen molar-refractivity contribution in [2.24, 2.45) is 5.10 Å². The maximum atomic E-state index is 11.7. The molecule has 0 aliphatic carbocycles. The molecular weight excluding hydrogens is 286 g/mol. The van der Waals surface area contributed by atoms with E-state index in [4.69, 9.17) is 4.74 Å². The molecule has 21 heavy (non-hydrogen) atoms. The van der Waals surface area contributed by atoms with E-state index in [2.05, 4.69) is 15.5 Å². The summed E-state index contributed by atoms with van der Waals surface area (Å²) in [6.45, 7) is 5.93. The lowest BCUT2D eigenvalue weighted by molar-refractivity contribution is 0.0531. The van der Waals surface area contributed by atoms with E-state index >= 15 is 0 Å². The molecule has 110 valence electrons. The van der Waals surface area contributed by atoms with Gasteiger partial charge in [-0.25, -0.2) is 9.78 Å². The number of nitrogens with one attached hydrogen (secondary N) is 1. The Labute approximate surface area is 127 Å². The predicted molar refractivity (Wildman–Crippen MR) is 85.2 cm³/mol. The first-order chi connectivity index (χ1) is 10.1. The van der Waals surface area contributed by atoms with Gasteiger partial charge in [-0.05, 0) is 31.9 Å². The van der Waals surface area contributed by atoms with Gasteiger partial charge in [-0.2, -0.15) is 5.10 Å². The van der Waals surface area contributed by atoms with Crippen LogP contribution < -0.4 is 5.43 Å². The minimum Gasteiger partial charge on any atom is -0.462 e. The number of benzene rings is 1. The summed E-state index contributed by atoms with van der Waals surface area (Å²) in [6, 6.07) is 7.95. The summed E-state index contributed by atoms with van der Waals surface area (Å²) in [5, 5.41) is 4.72. The lowest BCUT2D eigenvalue weighted by Gasteiger charge is -1.98. The van der Waals surface area contributed by atoms with Crippen LogP contribution in [-0.2, 0) is 4.74 Å². The smallest absolute Gasteiger partial charge is 0.350 e. The Hall–Kier alpha value is -2.21. The Bertz CT molecular complexity index is 665. The summed E-state index contributed by atoms with van der Waals surface area (Å²) < 4.78 is 4.98. The molecule has 0 aliphatic heterocycles.